The molecule has 0 aromatic heterocycles. The molecule has 2 nitrogen and oxygen atoms in total. The predicted octanol–water partition coefficient (Wildman–Crippen LogP) is 4.35. The van der Waals surface area contributed by atoms with Gasteiger partial charge in [-0.1, -0.05) is 30.9 Å². The van der Waals surface area contributed by atoms with Crippen molar-refractivity contribution in [1.29, 1.82) is 0 Å². The van der Waals surface area contributed by atoms with E-state index in [0.717, 1.165) is 16.4 Å². The highest BCUT2D eigenvalue weighted by atomic mass is 127. The monoisotopic (exact) mass is 377 g/mol. The van der Waals surface area contributed by atoms with Crippen LogP contribution in [0.2, 0.25) is 5.02 Å². The van der Waals surface area contributed by atoms with Crippen molar-refractivity contribution < 1.29 is 4.79 Å². The molecule has 0 radical (unpaired) electrons. The van der Waals surface area contributed by atoms with Crippen LogP contribution in [0.15, 0.2) is 18.2 Å². The molecule has 1 amide bonds. The van der Waals surface area contributed by atoms with Crippen molar-refractivity contribution in [3.05, 3.63) is 32.4 Å². The van der Waals surface area contributed by atoms with Gasteiger partial charge < -0.3 is 4.90 Å². The Kier molecular flexibility index (Phi) is 4.90. The lowest BCUT2D eigenvalue weighted by Gasteiger charge is -2.31. The summed E-state index contributed by atoms with van der Waals surface area (Å²) in [6.07, 6.45) is 6.01. The van der Waals surface area contributed by atoms with E-state index in [4.69, 9.17) is 11.6 Å². The zero-order chi connectivity index (χ0) is 13.1. The number of benzene rings is 1. The Balaban J connectivity index is 2.11. The first kappa shape index (κ1) is 14.1. The Morgan fingerprint density at radius 3 is 2.61 bits per heavy atom. The highest BCUT2D eigenvalue weighted by Crippen LogP contribution is 2.24. The first-order valence-electron chi connectivity index (χ1n) is 6.32. The maximum Gasteiger partial charge on any atom is 0.253 e. The SMILES string of the molecule is CN(C(=O)c1ccc(I)c(Cl)c1)C1CCCCC1. The number of hydrogen-bond donors (Lipinski definition) is 0. The van der Waals surface area contributed by atoms with E-state index in [2.05, 4.69) is 22.6 Å². The molecule has 1 aliphatic carbocycles. The van der Waals surface area contributed by atoms with Gasteiger partial charge in [0.05, 0.1) is 5.02 Å². The molecule has 98 valence electrons. The van der Waals surface area contributed by atoms with Gasteiger partial charge in [-0.25, -0.2) is 0 Å². The van der Waals surface area contributed by atoms with Crippen LogP contribution < -0.4 is 0 Å². The van der Waals surface area contributed by atoms with Gasteiger partial charge in [-0.05, 0) is 53.6 Å². The van der Waals surface area contributed by atoms with Gasteiger partial charge >= 0.3 is 0 Å². The van der Waals surface area contributed by atoms with Crippen LogP contribution in [0, 0.1) is 3.57 Å². The van der Waals surface area contributed by atoms with Crippen molar-refractivity contribution >= 4 is 40.1 Å². The average molecular weight is 378 g/mol. The molecule has 0 spiro atoms. The molecule has 1 aromatic rings. The maximum absolute atomic E-state index is 12.4. The highest BCUT2D eigenvalue weighted by molar-refractivity contribution is 14.1. The quantitative estimate of drug-likeness (QED) is 0.702. The van der Waals surface area contributed by atoms with Crippen LogP contribution in [0.4, 0.5) is 0 Å². The van der Waals surface area contributed by atoms with Gasteiger partial charge in [-0.2, -0.15) is 0 Å². The molecule has 1 fully saturated rings. The molecule has 0 unspecified atom stereocenters. The maximum atomic E-state index is 12.4. The summed E-state index contributed by atoms with van der Waals surface area (Å²) in [5.74, 6) is 0.0835. The van der Waals surface area contributed by atoms with E-state index < -0.39 is 0 Å². The summed E-state index contributed by atoms with van der Waals surface area (Å²) in [6, 6.07) is 5.91. The molecule has 18 heavy (non-hydrogen) atoms. The van der Waals surface area contributed by atoms with E-state index >= 15 is 0 Å². The number of amides is 1. The number of halogens is 2. The van der Waals surface area contributed by atoms with Gasteiger partial charge in [0, 0.05) is 22.2 Å². The minimum absolute atomic E-state index is 0.0835. The molecule has 1 aliphatic rings. The van der Waals surface area contributed by atoms with E-state index in [9.17, 15) is 4.79 Å². The minimum Gasteiger partial charge on any atom is -0.339 e. The Bertz CT molecular complexity index is 443. The van der Waals surface area contributed by atoms with Crippen molar-refractivity contribution in [1.82, 2.24) is 4.90 Å². The van der Waals surface area contributed by atoms with Gasteiger partial charge in [-0.15, -0.1) is 0 Å². The molecule has 0 atom stereocenters. The number of carbonyl (C=O) groups excluding carboxylic acids is 1. The molecule has 1 aromatic carbocycles. The van der Waals surface area contributed by atoms with Crippen molar-refractivity contribution in [3.63, 3.8) is 0 Å². The van der Waals surface area contributed by atoms with Crippen LogP contribution in [-0.4, -0.2) is 23.9 Å². The fraction of sp³-hybridized carbons (Fsp3) is 0.500. The Morgan fingerprint density at radius 1 is 1.33 bits per heavy atom. The molecule has 1 saturated carbocycles. The number of hydrogen-bond acceptors (Lipinski definition) is 1. The first-order valence-corrected chi connectivity index (χ1v) is 7.77. The third-order valence-electron chi connectivity index (χ3n) is 3.61. The van der Waals surface area contributed by atoms with Gasteiger partial charge in [-0.3, -0.25) is 4.79 Å². The lowest BCUT2D eigenvalue weighted by Crippen LogP contribution is -2.38. The fourth-order valence-corrected chi connectivity index (χ4v) is 2.98. The van der Waals surface area contributed by atoms with Crippen LogP contribution in [0.1, 0.15) is 42.5 Å². The predicted molar refractivity (Wildman–Crippen MR) is 83.1 cm³/mol. The smallest absolute Gasteiger partial charge is 0.253 e. The summed E-state index contributed by atoms with van der Waals surface area (Å²) in [4.78, 5) is 14.3. The molecule has 0 saturated heterocycles. The van der Waals surface area contributed by atoms with E-state index in [0.29, 0.717) is 16.6 Å². The van der Waals surface area contributed by atoms with Gasteiger partial charge in [0.15, 0.2) is 0 Å². The molecular weight excluding hydrogens is 361 g/mol. The minimum atomic E-state index is 0.0835. The first-order chi connectivity index (χ1) is 8.59. The summed E-state index contributed by atoms with van der Waals surface area (Å²) in [5.41, 5.74) is 0.688. The molecule has 2 rings (SSSR count). The molecule has 0 bridgehead atoms. The number of rotatable bonds is 2. The fourth-order valence-electron chi connectivity index (χ4n) is 2.47. The van der Waals surface area contributed by atoms with E-state index in [1.807, 2.05) is 24.1 Å². The second-order valence-corrected chi connectivity index (χ2v) is 6.41. The lowest BCUT2D eigenvalue weighted by atomic mass is 9.94. The second-order valence-electron chi connectivity index (χ2n) is 4.84. The lowest BCUT2D eigenvalue weighted by molar-refractivity contribution is 0.0696. The van der Waals surface area contributed by atoms with Gasteiger partial charge in [0.1, 0.15) is 0 Å². The van der Waals surface area contributed by atoms with E-state index in [-0.39, 0.29) is 5.91 Å². The molecule has 0 heterocycles. The van der Waals surface area contributed by atoms with Crippen molar-refractivity contribution in [2.75, 3.05) is 7.05 Å². The third kappa shape index (κ3) is 3.18. The topological polar surface area (TPSA) is 20.3 Å². The summed E-state index contributed by atoms with van der Waals surface area (Å²) in [6.45, 7) is 0. The standard InChI is InChI=1S/C14H17ClINO/c1-17(11-5-3-2-4-6-11)14(18)10-7-8-13(16)12(15)9-10/h7-9,11H,2-6H2,1H3. The van der Waals surface area contributed by atoms with E-state index in [1.54, 1.807) is 6.07 Å². The molecular formula is C14H17ClINO. The van der Waals surface area contributed by atoms with E-state index in [1.165, 1.54) is 19.3 Å². The summed E-state index contributed by atoms with van der Waals surface area (Å²) >= 11 is 8.24. The van der Waals surface area contributed by atoms with Crippen molar-refractivity contribution in [2.45, 2.75) is 38.1 Å². The van der Waals surface area contributed by atoms with Crippen LogP contribution in [0.25, 0.3) is 0 Å². The number of nitrogens with zero attached hydrogens (tertiary/aromatic N) is 1. The van der Waals surface area contributed by atoms with Crippen LogP contribution >= 0.6 is 34.2 Å². The summed E-state index contributed by atoms with van der Waals surface area (Å²) in [7, 11) is 1.91. The second kappa shape index (κ2) is 6.24. The van der Waals surface area contributed by atoms with Crippen LogP contribution in [-0.2, 0) is 0 Å². The summed E-state index contributed by atoms with van der Waals surface area (Å²) < 4.78 is 0.978. The normalized spacial score (nSPS) is 16.6. The van der Waals surface area contributed by atoms with Gasteiger partial charge in [0.2, 0.25) is 0 Å². The van der Waals surface area contributed by atoms with Gasteiger partial charge in [0.25, 0.3) is 5.91 Å². The van der Waals surface area contributed by atoms with Crippen LogP contribution in [0.3, 0.4) is 0 Å². The summed E-state index contributed by atoms with van der Waals surface area (Å²) in [5, 5.41) is 0.651. The van der Waals surface area contributed by atoms with Crippen molar-refractivity contribution in [3.8, 4) is 0 Å². The number of carbonyl (C=O) groups is 1. The third-order valence-corrected chi connectivity index (χ3v) is 5.18. The Morgan fingerprint density at radius 2 is 2.00 bits per heavy atom. The van der Waals surface area contributed by atoms with Crippen LogP contribution in [0.5, 0.6) is 0 Å². The average Bonchev–Trinajstić information content (AvgIpc) is 2.41. The Hall–Kier alpha value is -0.290. The molecule has 4 heteroatoms. The molecule has 0 N–H and O–H groups in total. The van der Waals surface area contributed by atoms with Crippen molar-refractivity contribution in [2.24, 2.45) is 0 Å². The molecule has 0 aliphatic heterocycles. The Labute approximate surface area is 127 Å². The highest BCUT2D eigenvalue weighted by Gasteiger charge is 2.23. The zero-order valence-electron chi connectivity index (χ0n) is 10.5. The zero-order valence-corrected chi connectivity index (χ0v) is 13.4. The largest absolute Gasteiger partial charge is 0.339 e.